The Hall–Kier alpha value is -4.18. The second-order valence-electron chi connectivity index (χ2n) is 8.44. The second kappa shape index (κ2) is 8.40. The molecular formula is C29H24N2O2. The van der Waals surface area contributed by atoms with Crippen molar-refractivity contribution in [3.05, 3.63) is 124 Å². The van der Waals surface area contributed by atoms with Gasteiger partial charge in [0.1, 0.15) is 0 Å². The Kier molecular flexibility index (Phi) is 5.27. The van der Waals surface area contributed by atoms with Gasteiger partial charge in [0.05, 0.1) is 16.8 Å². The Labute approximate surface area is 193 Å². The molecule has 0 saturated carbocycles. The number of benzene rings is 4. The van der Waals surface area contributed by atoms with Crippen LogP contribution in [0.25, 0.3) is 0 Å². The Morgan fingerprint density at radius 1 is 0.606 bits per heavy atom. The summed E-state index contributed by atoms with van der Waals surface area (Å²) in [6.07, 6.45) is 0. The Morgan fingerprint density at radius 3 is 1.73 bits per heavy atom. The van der Waals surface area contributed by atoms with Crippen LogP contribution in [0.5, 0.6) is 0 Å². The summed E-state index contributed by atoms with van der Waals surface area (Å²) in [4.78, 5) is 27.1. The molecule has 4 aromatic rings. The number of nitrogens with one attached hydrogen (secondary N) is 2. The number of carbonyl (C=O) groups excluding carboxylic acids is 2. The predicted molar refractivity (Wildman–Crippen MR) is 133 cm³/mol. The molecule has 0 radical (unpaired) electrons. The Bertz CT molecular complexity index is 1370. The molecule has 2 N–H and O–H groups in total. The van der Waals surface area contributed by atoms with E-state index in [1.807, 2.05) is 43.3 Å². The van der Waals surface area contributed by atoms with Crippen molar-refractivity contribution in [3.63, 3.8) is 0 Å². The van der Waals surface area contributed by atoms with E-state index in [0.717, 1.165) is 16.8 Å². The van der Waals surface area contributed by atoms with E-state index in [4.69, 9.17) is 0 Å². The third-order valence-electron chi connectivity index (χ3n) is 6.01. The molecule has 162 valence electrons. The van der Waals surface area contributed by atoms with Crippen LogP contribution in [0, 0.1) is 13.8 Å². The number of carbonyl (C=O) groups is 2. The normalized spacial score (nSPS) is 12.2. The summed E-state index contributed by atoms with van der Waals surface area (Å²) in [5, 5.41) is 6.74. The summed E-state index contributed by atoms with van der Waals surface area (Å²) in [5.41, 5.74) is 7.32. The molecule has 0 saturated heterocycles. The van der Waals surface area contributed by atoms with Crippen molar-refractivity contribution < 1.29 is 9.59 Å². The molecule has 4 heteroatoms. The van der Waals surface area contributed by atoms with Crippen LogP contribution in [0.3, 0.4) is 0 Å². The predicted octanol–water partition coefficient (Wildman–Crippen LogP) is 6.43. The highest BCUT2D eigenvalue weighted by molar-refractivity contribution is 6.32. The van der Waals surface area contributed by atoms with Gasteiger partial charge in [-0.1, -0.05) is 71.8 Å². The first-order chi connectivity index (χ1) is 16.0. The minimum Gasteiger partial charge on any atom is -0.380 e. The summed E-state index contributed by atoms with van der Waals surface area (Å²) in [6.45, 7) is 4.63. The summed E-state index contributed by atoms with van der Waals surface area (Å²) < 4.78 is 0. The van der Waals surface area contributed by atoms with Crippen LogP contribution >= 0.6 is 0 Å². The topological polar surface area (TPSA) is 58.2 Å². The molecule has 0 aliphatic heterocycles. The molecule has 33 heavy (non-hydrogen) atoms. The molecule has 0 spiro atoms. The summed E-state index contributed by atoms with van der Waals surface area (Å²) in [5.74, 6) is -0.284. The lowest BCUT2D eigenvalue weighted by Crippen LogP contribution is -2.23. The van der Waals surface area contributed by atoms with Gasteiger partial charge in [-0.3, -0.25) is 9.59 Å². The fourth-order valence-electron chi connectivity index (χ4n) is 4.17. The van der Waals surface area contributed by atoms with Crippen LogP contribution in [0.4, 0.5) is 17.1 Å². The number of ketones is 2. The van der Waals surface area contributed by atoms with E-state index in [9.17, 15) is 9.59 Å². The third kappa shape index (κ3) is 3.92. The zero-order valence-electron chi connectivity index (χ0n) is 18.6. The van der Waals surface area contributed by atoms with Crippen LogP contribution < -0.4 is 10.6 Å². The minimum absolute atomic E-state index is 0.140. The van der Waals surface area contributed by atoms with Gasteiger partial charge in [0.15, 0.2) is 11.6 Å². The molecule has 0 fully saturated rings. The maximum Gasteiger partial charge on any atom is 0.196 e. The number of fused-ring (bicyclic) bond motifs is 2. The van der Waals surface area contributed by atoms with Gasteiger partial charge in [-0.15, -0.1) is 0 Å². The van der Waals surface area contributed by atoms with E-state index < -0.39 is 0 Å². The van der Waals surface area contributed by atoms with Gasteiger partial charge in [0.2, 0.25) is 0 Å². The first-order valence-electron chi connectivity index (χ1n) is 11.0. The molecule has 5 rings (SSSR count). The smallest absolute Gasteiger partial charge is 0.196 e. The number of aryl methyl sites for hydroxylation is 2. The van der Waals surface area contributed by atoms with Crippen LogP contribution in [0.2, 0.25) is 0 Å². The van der Waals surface area contributed by atoms with E-state index in [2.05, 4.69) is 41.8 Å². The molecule has 0 bridgehead atoms. The summed E-state index contributed by atoms with van der Waals surface area (Å²) in [6, 6.07) is 27.0. The van der Waals surface area contributed by atoms with Crippen LogP contribution in [-0.4, -0.2) is 11.6 Å². The van der Waals surface area contributed by atoms with Gasteiger partial charge in [-0.05, 0) is 43.7 Å². The first-order valence-corrected chi connectivity index (χ1v) is 11.0. The molecule has 0 aromatic heterocycles. The fourth-order valence-corrected chi connectivity index (χ4v) is 4.17. The van der Waals surface area contributed by atoms with Crippen LogP contribution in [0.15, 0.2) is 84.9 Å². The highest BCUT2D eigenvalue weighted by Crippen LogP contribution is 2.37. The summed E-state index contributed by atoms with van der Waals surface area (Å²) in [7, 11) is 0. The third-order valence-corrected chi connectivity index (χ3v) is 6.01. The maximum absolute atomic E-state index is 13.6. The van der Waals surface area contributed by atoms with Crippen molar-refractivity contribution >= 4 is 28.6 Å². The monoisotopic (exact) mass is 432 g/mol. The second-order valence-corrected chi connectivity index (χ2v) is 8.44. The zero-order chi connectivity index (χ0) is 22.9. The number of anilines is 3. The minimum atomic E-state index is -0.145. The lowest BCUT2D eigenvalue weighted by Gasteiger charge is -2.24. The van der Waals surface area contributed by atoms with Crippen molar-refractivity contribution in [1.82, 2.24) is 0 Å². The van der Waals surface area contributed by atoms with E-state index in [-0.39, 0.29) is 11.6 Å². The van der Waals surface area contributed by atoms with E-state index >= 15 is 0 Å². The molecule has 1 aliphatic carbocycles. The van der Waals surface area contributed by atoms with Crippen molar-refractivity contribution in [2.45, 2.75) is 20.4 Å². The maximum atomic E-state index is 13.6. The van der Waals surface area contributed by atoms with Crippen molar-refractivity contribution in [2.24, 2.45) is 0 Å². The van der Waals surface area contributed by atoms with Crippen molar-refractivity contribution in [2.75, 3.05) is 10.6 Å². The lowest BCUT2D eigenvalue weighted by molar-refractivity contribution is 0.0980. The van der Waals surface area contributed by atoms with Crippen LogP contribution in [0.1, 0.15) is 48.5 Å². The average Bonchev–Trinajstić information content (AvgIpc) is 2.84. The molecule has 0 heterocycles. The number of hydrogen-bond donors (Lipinski definition) is 2. The number of hydrogen-bond acceptors (Lipinski definition) is 4. The Balaban J connectivity index is 1.58. The highest BCUT2D eigenvalue weighted by atomic mass is 16.1. The molecule has 0 amide bonds. The first kappa shape index (κ1) is 20.7. The molecule has 0 atom stereocenters. The van der Waals surface area contributed by atoms with Crippen LogP contribution in [-0.2, 0) is 6.54 Å². The van der Waals surface area contributed by atoms with Gasteiger partial charge < -0.3 is 10.6 Å². The molecular weight excluding hydrogens is 408 g/mol. The summed E-state index contributed by atoms with van der Waals surface area (Å²) >= 11 is 0. The largest absolute Gasteiger partial charge is 0.380 e. The molecule has 1 aliphatic rings. The molecule has 4 nitrogen and oxygen atoms in total. The van der Waals surface area contributed by atoms with Gasteiger partial charge in [0, 0.05) is 29.0 Å². The van der Waals surface area contributed by atoms with Gasteiger partial charge in [-0.2, -0.15) is 0 Å². The van der Waals surface area contributed by atoms with Gasteiger partial charge in [0.25, 0.3) is 0 Å². The molecule has 4 aromatic carbocycles. The molecule has 0 unspecified atom stereocenters. The van der Waals surface area contributed by atoms with E-state index in [1.165, 1.54) is 5.56 Å². The van der Waals surface area contributed by atoms with E-state index in [1.54, 1.807) is 24.3 Å². The van der Waals surface area contributed by atoms with Crippen molar-refractivity contribution in [1.29, 1.82) is 0 Å². The lowest BCUT2D eigenvalue weighted by atomic mass is 9.82. The van der Waals surface area contributed by atoms with Gasteiger partial charge >= 0.3 is 0 Å². The SMILES string of the molecule is Cc1ccc(CNc2ccc(Nc3ccc(C)cc3)c3c2C(=O)c2ccccc2C3=O)cc1. The standard InChI is InChI=1S/C29H24N2O2/c1-18-7-11-20(12-8-18)17-30-24-15-16-25(31-21-13-9-19(2)10-14-21)27-26(24)28(32)22-5-3-4-6-23(22)29(27)33/h3-16,30-31H,17H2,1-2H3. The van der Waals surface area contributed by atoms with Gasteiger partial charge in [-0.25, -0.2) is 0 Å². The Morgan fingerprint density at radius 2 is 1.12 bits per heavy atom. The van der Waals surface area contributed by atoms with Crippen molar-refractivity contribution in [3.8, 4) is 0 Å². The van der Waals surface area contributed by atoms with E-state index in [0.29, 0.717) is 40.2 Å². The highest BCUT2D eigenvalue weighted by Gasteiger charge is 2.33. The quantitative estimate of drug-likeness (QED) is 0.336. The number of rotatable bonds is 5. The zero-order valence-corrected chi connectivity index (χ0v) is 18.6. The fraction of sp³-hybridized carbons (Fsp3) is 0.103. The average molecular weight is 433 g/mol.